The van der Waals surface area contributed by atoms with Crippen molar-refractivity contribution in [3.05, 3.63) is 71.0 Å². The van der Waals surface area contributed by atoms with Crippen LogP contribution in [0.15, 0.2) is 54.1 Å². The summed E-state index contributed by atoms with van der Waals surface area (Å²) in [6.07, 6.45) is 1.34. The van der Waals surface area contributed by atoms with Crippen LogP contribution in [0, 0.1) is 5.82 Å². The highest BCUT2D eigenvalue weighted by atomic mass is 19.1. The van der Waals surface area contributed by atoms with Crippen LogP contribution in [-0.2, 0) is 20.7 Å². The van der Waals surface area contributed by atoms with Gasteiger partial charge in [-0.15, -0.1) is 0 Å². The molecular formula is C21H20FNO4. The largest absolute Gasteiger partial charge is 0.488 e. The molecule has 1 atom stereocenters. The van der Waals surface area contributed by atoms with Crippen molar-refractivity contribution in [1.82, 2.24) is 5.32 Å². The Morgan fingerprint density at radius 1 is 1.19 bits per heavy atom. The van der Waals surface area contributed by atoms with E-state index in [0.717, 1.165) is 11.1 Å². The number of nitrogens with one attached hydrogen (secondary N) is 1. The van der Waals surface area contributed by atoms with Gasteiger partial charge in [-0.05, 0) is 43.2 Å². The van der Waals surface area contributed by atoms with Crippen LogP contribution in [0.3, 0.4) is 0 Å². The molecule has 3 rings (SSSR count). The second-order valence-electron chi connectivity index (χ2n) is 6.21. The number of amides is 1. The number of fused-ring (bicyclic) bond motifs is 1. The van der Waals surface area contributed by atoms with Crippen molar-refractivity contribution in [3.8, 4) is 5.75 Å². The second-order valence-corrected chi connectivity index (χ2v) is 6.21. The number of ether oxygens (including phenoxy) is 2. The van der Waals surface area contributed by atoms with E-state index >= 15 is 0 Å². The Hall–Kier alpha value is -3.15. The topological polar surface area (TPSA) is 64.6 Å². The van der Waals surface area contributed by atoms with E-state index in [-0.39, 0.29) is 18.3 Å². The number of benzene rings is 2. The van der Waals surface area contributed by atoms with Gasteiger partial charge in [0, 0.05) is 12.1 Å². The van der Waals surface area contributed by atoms with Gasteiger partial charge < -0.3 is 14.8 Å². The number of para-hydroxylation sites is 1. The van der Waals surface area contributed by atoms with Crippen molar-refractivity contribution in [3.63, 3.8) is 0 Å². The maximum absolute atomic E-state index is 12.9. The number of halogens is 1. The predicted molar refractivity (Wildman–Crippen MR) is 98.6 cm³/mol. The molecule has 1 amide bonds. The highest BCUT2D eigenvalue weighted by molar-refractivity contribution is 5.96. The van der Waals surface area contributed by atoms with Crippen LogP contribution in [0.25, 0.3) is 6.08 Å². The lowest BCUT2D eigenvalue weighted by Gasteiger charge is -2.19. The fourth-order valence-corrected chi connectivity index (χ4v) is 2.65. The van der Waals surface area contributed by atoms with Crippen LogP contribution in [-0.4, -0.2) is 31.1 Å². The zero-order chi connectivity index (χ0) is 19.2. The molecule has 0 radical (unpaired) electrons. The predicted octanol–water partition coefficient (Wildman–Crippen LogP) is 2.89. The van der Waals surface area contributed by atoms with Crippen molar-refractivity contribution in [2.75, 3.05) is 13.2 Å². The number of carbonyl (C=O) groups excluding carboxylic acids is 2. The molecule has 1 heterocycles. The Balaban J connectivity index is 1.48. The minimum absolute atomic E-state index is 0.106. The van der Waals surface area contributed by atoms with Crippen LogP contribution < -0.4 is 10.1 Å². The fourth-order valence-electron chi connectivity index (χ4n) is 2.65. The van der Waals surface area contributed by atoms with Gasteiger partial charge in [-0.3, -0.25) is 4.79 Å². The van der Waals surface area contributed by atoms with E-state index in [1.165, 1.54) is 19.1 Å². The average Bonchev–Trinajstić information content (AvgIpc) is 2.69. The van der Waals surface area contributed by atoms with Gasteiger partial charge in [0.15, 0.2) is 6.10 Å². The summed E-state index contributed by atoms with van der Waals surface area (Å²) in [6, 6.07) is 13.5. The third-order valence-corrected chi connectivity index (χ3v) is 4.17. The minimum atomic E-state index is -0.927. The van der Waals surface area contributed by atoms with E-state index in [2.05, 4.69) is 5.32 Å². The molecule has 140 valence electrons. The Morgan fingerprint density at radius 2 is 1.93 bits per heavy atom. The van der Waals surface area contributed by atoms with Gasteiger partial charge in [-0.1, -0.05) is 30.3 Å². The van der Waals surface area contributed by atoms with Crippen LogP contribution in [0.2, 0.25) is 0 Å². The quantitative estimate of drug-likeness (QED) is 0.796. The highest BCUT2D eigenvalue weighted by Gasteiger charge is 2.23. The third-order valence-electron chi connectivity index (χ3n) is 4.17. The van der Waals surface area contributed by atoms with Crippen molar-refractivity contribution < 1.29 is 23.5 Å². The van der Waals surface area contributed by atoms with Crippen molar-refractivity contribution in [1.29, 1.82) is 0 Å². The Morgan fingerprint density at radius 3 is 2.70 bits per heavy atom. The monoisotopic (exact) mass is 369 g/mol. The van der Waals surface area contributed by atoms with Gasteiger partial charge in [0.05, 0.1) is 5.57 Å². The summed E-state index contributed by atoms with van der Waals surface area (Å²) in [7, 11) is 0. The number of rotatable bonds is 6. The van der Waals surface area contributed by atoms with Crippen LogP contribution in [0.1, 0.15) is 18.1 Å². The van der Waals surface area contributed by atoms with Crippen molar-refractivity contribution in [2.24, 2.45) is 0 Å². The first-order valence-electron chi connectivity index (χ1n) is 8.68. The minimum Gasteiger partial charge on any atom is -0.488 e. The summed E-state index contributed by atoms with van der Waals surface area (Å²) in [5.74, 6) is -0.554. The van der Waals surface area contributed by atoms with Crippen LogP contribution >= 0.6 is 0 Å². The van der Waals surface area contributed by atoms with E-state index in [4.69, 9.17) is 9.47 Å². The summed E-state index contributed by atoms with van der Waals surface area (Å²) in [5.41, 5.74) is 2.07. The van der Waals surface area contributed by atoms with Crippen molar-refractivity contribution in [2.45, 2.75) is 19.4 Å². The SMILES string of the molecule is C[C@H](OC(=O)C1=Cc2ccccc2OC1)C(=O)NCCc1ccc(F)cc1. The molecule has 0 fully saturated rings. The fraction of sp³-hybridized carbons (Fsp3) is 0.238. The molecule has 1 aliphatic heterocycles. The highest BCUT2D eigenvalue weighted by Crippen LogP contribution is 2.26. The molecule has 0 bridgehead atoms. The Labute approximate surface area is 156 Å². The molecule has 0 unspecified atom stereocenters. The average molecular weight is 369 g/mol. The molecule has 1 aliphatic rings. The number of carbonyl (C=O) groups is 2. The summed E-state index contributed by atoms with van der Waals surface area (Å²) in [6.45, 7) is 1.99. The number of hydrogen-bond donors (Lipinski definition) is 1. The van der Waals surface area contributed by atoms with Crippen molar-refractivity contribution >= 4 is 18.0 Å². The standard InChI is InChI=1S/C21H20FNO4/c1-14(20(24)23-11-10-15-6-8-18(22)9-7-15)27-21(25)17-12-16-4-2-3-5-19(16)26-13-17/h2-9,12,14H,10-11,13H2,1H3,(H,23,24)/t14-/m0/s1. The Kier molecular flexibility index (Phi) is 5.86. The molecule has 0 saturated carbocycles. The molecule has 0 saturated heterocycles. The molecule has 5 nitrogen and oxygen atoms in total. The molecular weight excluding hydrogens is 349 g/mol. The molecule has 6 heteroatoms. The summed E-state index contributed by atoms with van der Waals surface area (Å²) in [4.78, 5) is 24.4. The molecule has 0 aliphatic carbocycles. The van der Waals surface area contributed by atoms with E-state index in [0.29, 0.717) is 24.3 Å². The molecule has 0 spiro atoms. The Bertz CT molecular complexity index is 861. The zero-order valence-corrected chi connectivity index (χ0v) is 14.9. The third kappa shape index (κ3) is 4.94. The molecule has 27 heavy (non-hydrogen) atoms. The number of esters is 1. The van der Waals surface area contributed by atoms with Gasteiger partial charge in [0.2, 0.25) is 0 Å². The first kappa shape index (κ1) is 18.6. The maximum atomic E-state index is 12.9. The van der Waals surface area contributed by atoms with E-state index in [1.807, 2.05) is 24.3 Å². The summed E-state index contributed by atoms with van der Waals surface area (Å²) in [5, 5.41) is 2.71. The lowest BCUT2D eigenvalue weighted by atomic mass is 10.1. The zero-order valence-electron chi connectivity index (χ0n) is 14.9. The van der Waals surface area contributed by atoms with E-state index < -0.39 is 12.1 Å². The summed E-state index contributed by atoms with van der Waals surface area (Å²) >= 11 is 0. The maximum Gasteiger partial charge on any atom is 0.338 e. The molecule has 0 aromatic heterocycles. The molecule has 2 aromatic carbocycles. The second kappa shape index (κ2) is 8.49. The van der Waals surface area contributed by atoms with Crippen LogP contribution in [0.5, 0.6) is 5.75 Å². The first-order chi connectivity index (χ1) is 13.0. The molecule has 1 N–H and O–H groups in total. The van der Waals surface area contributed by atoms with Gasteiger partial charge in [-0.25, -0.2) is 9.18 Å². The van der Waals surface area contributed by atoms with Gasteiger partial charge in [0.25, 0.3) is 5.91 Å². The van der Waals surface area contributed by atoms with E-state index in [1.54, 1.807) is 18.2 Å². The lowest BCUT2D eigenvalue weighted by molar-refractivity contribution is -0.151. The smallest absolute Gasteiger partial charge is 0.338 e. The first-order valence-corrected chi connectivity index (χ1v) is 8.68. The summed E-state index contributed by atoms with van der Waals surface area (Å²) < 4.78 is 23.6. The van der Waals surface area contributed by atoms with Gasteiger partial charge in [0.1, 0.15) is 18.2 Å². The molecule has 2 aromatic rings. The number of hydrogen-bond acceptors (Lipinski definition) is 4. The van der Waals surface area contributed by atoms with Crippen LogP contribution in [0.4, 0.5) is 4.39 Å². The lowest BCUT2D eigenvalue weighted by Crippen LogP contribution is -2.37. The normalized spacial score (nSPS) is 13.6. The van der Waals surface area contributed by atoms with Gasteiger partial charge >= 0.3 is 5.97 Å². The van der Waals surface area contributed by atoms with E-state index in [9.17, 15) is 14.0 Å². The van der Waals surface area contributed by atoms with Gasteiger partial charge in [-0.2, -0.15) is 0 Å².